The highest BCUT2D eigenvalue weighted by atomic mass is 31.2. The summed E-state index contributed by atoms with van der Waals surface area (Å²) in [6, 6.07) is 0. The molecule has 328 valence electrons. The Bertz CT molecular complexity index is 1340. The molecule has 0 aliphatic rings. The zero-order valence-electron chi connectivity index (χ0n) is 35.1. The standard InChI is InChI=1S/C46H73O11P/c1-3-5-7-8-9-10-11-12-13-14-15-16-20-23-26-29-32-36-45(50)54-40-44(41-56-58(52,53)55-39-43(49)38-47)57-46(51)37-33-30-27-24-21-18-17-19-22-25-28-31-35-42(48)34-6-4-2/h5-7,9-10,12-13,15-18,22,24-25,27-28,31,34,42-44,47-49H,3-4,8,11,14,19-21,23,26,29-30,32-33,35-41H2,1-2H3,(H,52,53)/b7-5-,10-9-,13-12-,16-15-,18-17-,25-22-,27-24-,31-28+,34-6-/t42?,43-,44+/m0/s1. The second kappa shape index (κ2) is 40.4. The van der Waals surface area contributed by atoms with E-state index in [4.69, 9.17) is 19.1 Å². The van der Waals surface area contributed by atoms with Crippen molar-refractivity contribution in [3.8, 4) is 0 Å². The molecule has 0 fully saturated rings. The highest BCUT2D eigenvalue weighted by Gasteiger charge is 2.27. The van der Waals surface area contributed by atoms with Gasteiger partial charge in [-0.3, -0.25) is 18.6 Å². The van der Waals surface area contributed by atoms with Crippen molar-refractivity contribution in [1.82, 2.24) is 0 Å². The van der Waals surface area contributed by atoms with Gasteiger partial charge in [0.25, 0.3) is 0 Å². The van der Waals surface area contributed by atoms with Crippen LogP contribution in [0.1, 0.15) is 123 Å². The molecular weight excluding hydrogens is 759 g/mol. The van der Waals surface area contributed by atoms with Crippen LogP contribution in [-0.2, 0) is 32.7 Å². The smallest absolute Gasteiger partial charge is 0.462 e. The van der Waals surface area contributed by atoms with E-state index in [0.717, 1.165) is 70.6 Å². The van der Waals surface area contributed by atoms with E-state index in [-0.39, 0.29) is 19.4 Å². The van der Waals surface area contributed by atoms with Crippen molar-refractivity contribution >= 4 is 19.8 Å². The fraction of sp³-hybridized carbons (Fsp3) is 0.565. The van der Waals surface area contributed by atoms with Gasteiger partial charge in [0, 0.05) is 12.8 Å². The molecule has 0 aliphatic carbocycles. The largest absolute Gasteiger partial charge is 0.472 e. The van der Waals surface area contributed by atoms with Crippen molar-refractivity contribution < 1.29 is 52.9 Å². The SMILES string of the molecule is CC/C=C\C/C=C\C/C=C\C/C=C\CCCCCCC(=O)OC[C@H](COP(=O)(O)OC[C@@H](O)CO)OC(=O)CCC/C=C\C/C=C\C/C=C\C=C\CC(O)/C=C\CC. The first-order valence-corrected chi connectivity index (χ1v) is 22.4. The van der Waals surface area contributed by atoms with Gasteiger partial charge in [0.1, 0.15) is 12.7 Å². The molecule has 4 N–H and O–H groups in total. The van der Waals surface area contributed by atoms with Gasteiger partial charge in [-0.15, -0.1) is 0 Å². The molecule has 0 heterocycles. The molecule has 0 saturated heterocycles. The molecule has 0 rings (SSSR count). The normalized spacial score (nSPS) is 15.5. The van der Waals surface area contributed by atoms with Crippen molar-refractivity contribution in [1.29, 1.82) is 0 Å². The number of hydrogen-bond donors (Lipinski definition) is 4. The zero-order chi connectivity index (χ0) is 42.8. The predicted octanol–water partition coefficient (Wildman–Crippen LogP) is 9.97. The Morgan fingerprint density at radius 1 is 0.586 bits per heavy atom. The van der Waals surface area contributed by atoms with Crippen molar-refractivity contribution in [2.24, 2.45) is 0 Å². The van der Waals surface area contributed by atoms with E-state index in [0.29, 0.717) is 25.7 Å². The quantitative estimate of drug-likeness (QED) is 0.0155. The summed E-state index contributed by atoms with van der Waals surface area (Å²) in [5.41, 5.74) is 0. The highest BCUT2D eigenvalue weighted by Crippen LogP contribution is 2.43. The highest BCUT2D eigenvalue weighted by molar-refractivity contribution is 7.47. The predicted molar refractivity (Wildman–Crippen MR) is 234 cm³/mol. The van der Waals surface area contributed by atoms with Crippen LogP contribution in [-0.4, -0.2) is 76.9 Å². The molecule has 0 aromatic heterocycles. The van der Waals surface area contributed by atoms with E-state index < -0.39 is 57.9 Å². The van der Waals surface area contributed by atoms with Gasteiger partial charge in [-0.25, -0.2) is 4.57 Å². The minimum absolute atomic E-state index is 0.0751. The van der Waals surface area contributed by atoms with Crippen LogP contribution in [0.15, 0.2) is 109 Å². The molecule has 0 radical (unpaired) electrons. The van der Waals surface area contributed by atoms with E-state index >= 15 is 0 Å². The molecule has 12 heteroatoms. The third-order valence-corrected chi connectivity index (χ3v) is 8.95. The van der Waals surface area contributed by atoms with Crippen molar-refractivity contribution in [2.45, 2.75) is 141 Å². The van der Waals surface area contributed by atoms with Crippen molar-refractivity contribution in [3.63, 3.8) is 0 Å². The summed E-state index contributed by atoms with van der Waals surface area (Å²) in [4.78, 5) is 34.9. The number of phosphoric acid groups is 1. The topological polar surface area (TPSA) is 169 Å². The number of phosphoric ester groups is 1. The van der Waals surface area contributed by atoms with Crippen LogP contribution < -0.4 is 0 Å². The summed E-state index contributed by atoms with van der Waals surface area (Å²) in [5.74, 6) is -1.06. The first-order valence-electron chi connectivity index (χ1n) is 21.0. The molecule has 0 spiro atoms. The summed E-state index contributed by atoms with van der Waals surface area (Å²) in [6.45, 7) is 1.89. The van der Waals surface area contributed by atoms with Crippen molar-refractivity contribution in [3.05, 3.63) is 109 Å². The molecule has 0 saturated carbocycles. The summed E-state index contributed by atoms with van der Waals surface area (Å²) < 4.78 is 32.6. The second-order valence-electron chi connectivity index (χ2n) is 13.4. The number of unbranched alkanes of at least 4 members (excludes halogenated alkanes) is 5. The minimum atomic E-state index is -4.66. The zero-order valence-corrected chi connectivity index (χ0v) is 36.0. The van der Waals surface area contributed by atoms with Crippen molar-refractivity contribution in [2.75, 3.05) is 26.4 Å². The second-order valence-corrected chi connectivity index (χ2v) is 14.9. The number of ether oxygens (including phenoxy) is 2. The number of aliphatic hydroxyl groups is 3. The lowest BCUT2D eigenvalue weighted by molar-refractivity contribution is -0.161. The monoisotopic (exact) mass is 832 g/mol. The lowest BCUT2D eigenvalue weighted by Gasteiger charge is -2.20. The van der Waals surface area contributed by atoms with Gasteiger partial charge in [-0.05, 0) is 83.5 Å². The van der Waals surface area contributed by atoms with Crippen LogP contribution in [0.2, 0.25) is 0 Å². The Hall–Kier alpha value is -3.41. The average molecular weight is 833 g/mol. The molecule has 4 atom stereocenters. The van der Waals surface area contributed by atoms with E-state index in [1.54, 1.807) is 6.08 Å². The molecule has 0 bridgehead atoms. The molecule has 0 aliphatic heterocycles. The average Bonchev–Trinajstić information content (AvgIpc) is 3.21. The van der Waals surface area contributed by atoms with Gasteiger partial charge >= 0.3 is 19.8 Å². The van der Waals surface area contributed by atoms with Gasteiger partial charge in [0.05, 0.1) is 25.9 Å². The number of allylic oxidation sites excluding steroid dienone is 16. The molecule has 0 aromatic carbocycles. The number of aliphatic hydroxyl groups excluding tert-OH is 3. The third-order valence-electron chi connectivity index (χ3n) is 8.00. The summed E-state index contributed by atoms with van der Waals surface area (Å²) in [6.07, 6.45) is 46.9. The fourth-order valence-electron chi connectivity index (χ4n) is 4.80. The maximum absolute atomic E-state index is 12.6. The fourth-order valence-corrected chi connectivity index (χ4v) is 5.59. The Morgan fingerprint density at radius 2 is 1.10 bits per heavy atom. The Labute approximate surface area is 348 Å². The van der Waals surface area contributed by atoms with E-state index in [1.807, 2.05) is 55.5 Å². The molecule has 0 aromatic rings. The van der Waals surface area contributed by atoms with Crippen LogP contribution in [0.5, 0.6) is 0 Å². The lowest BCUT2D eigenvalue weighted by atomic mass is 10.1. The van der Waals surface area contributed by atoms with Crippen LogP contribution >= 0.6 is 7.82 Å². The van der Waals surface area contributed by atoms with Gasteiger partial charge in [0.15, 0.2) is 6.10 Å². The number of hydrogen-bond acceptors (Lipinski definition) is 10. The van der Waals surface area contributed by atoms with Crippen LogP contribution in [0.25, 0.3) is 0 Å². The molecule has 0 amide bonds. The van der Waals surface area contributed by atoms with Gasteiger partial charge in [-0.2, -0.15) is 0 Å². The van der Waals surface area contributed by atoms with Crippen LogP contribution in [0.3, 0.4) is 0 Å². The van der Waals surface area contributed by atoms with E-state index in [2.05, 4.69) is 66.1 Å². The maximum atomic E-state index is 12.6. The number of esters is 2. The molecule has 58 heavy (non-hydrogen) atoms. The number of carbonyl (C=O) groups excluding carboxylic acids is 2. The molecular formula is C46H73O11P. The van der Waals surface area contributed by atoms with E-state index in [1.165, 1.54) is 0 Å². The van der Waals surface area contributed by atoms with Gasteiger partial charge in [-0.1, -0.05) is 136 Å². The molecule has 11 nitrogen and oxygen atoms in total. The minimum Gasteiger partial charge on any atom is -0.462 e. The number of rotatable bonds is 37. The first-order chi connectivity index (χ1) is 28.1. The Kier molecular flexibility index (Phi) is 38.0. The van der Waals surface area contributed by atoms with Gasteiger partial charge < -0.3 is 29.7 Å². The summed E-state index contributed by atoms with van der Waals surface area (Å²) >= 11 is 0. The third kappa shape index (κ3) is 39.4. The Morgan fingerprint density at radius 3 is 1.72 bits per heavy atom. The lowest BCUT2D eigenvalue weighted by Crippen LogP contribution is -2.29. The molecule has 2 unspecified atom stereocenters. The van der Waals surface area contributed by atoms with E-state index in [9.17, 15) is 29.3 Å². The number of carbonyl (C=O) groups is 2. The summed E-state index contributed by atoms with van der Waals surface area (Å²) in [5, 5.41) is 28.1. The maximum Gasteiger partial charge on any atom is 0.472 e. The first kappa shape index (κ1) is 54.6. The van der Waals surface area contributed by atoms with Gasteiger partial charge in [0.2, 0.25) is 0 Å². The van der Waals surface area contributed by atoms with Crippen LogP contribution in [0, 0.1) is 0 Å². The summed E-state index contributed by atoms with van der Waals surface area (Å²) in [7, 11) is -4.66. The van der Waals surface area contributed by atoms with Crippen LogP contribution in [0.4, 0.5) is 0 Å². The Balaban J connectivity index is 4.52.